The summed E-state index contributed by atoms with van der Waals surface area (Å²) in [5, 5.41) is 2.68. The van der Waals surface area contributed by atoms with Gasteiger partial charge in [-0.1, -0.05) is 0 Å². The molecule has 0 aliphatic rings. The van der Waals surface area contributed by atoms with Crippen molar-refractivity contribution in [1.82, 2.24) is 9.97 Å². The van der Waals surface area contributed by atoms with E-state index in [1.54, 1.807) is 30.6 Å². The number of nitrogens with zero attached hydrogens (tertiary/aromatic N) is 2. The first-order valence-corrected chi connectivity index (χ1v) is 5.58. The van der Waals surface area contributed by atoms with Crippen molar-refractivity contribution in [3.05, 3.63) is 47.0 Å². The Morgan fingerprint density at radius 2 is 2.12 bits per heavy atom. The van der Waals surface area contributed by atoms with Crippen LogP contribution in [0.1, 0.15) is 10.5 Å². The van der Waals surface area contributed by atoms with E-state index in [0.29, 0.717) is 17.1 Å². The molecule has 0 aromatic carbocycles. The van der Waals surface area contributed by atoms with Crippen LogP contribution in [-0.2, 0) is 0 Å². The molecule has 86 valence electrons. The Labute approximate surface area is 106 Å². The van der Waals surface area contributed by atoms with Gasteiger partial charge in [-0.3, -0.25) is 9.78 Å². The lowest BCUT2D eigenvalue weighted by atomic mass is 10.3. The number of carbonyl (C=O) groups is 1. The zero-order valence-electron chi connectivity index (χ0n) is 8.72. The van der Waals surface area contributed by atoms with Crippen LogP contribution in [0, 0.1) is 0 Å². The van der Waals surface area contributed by atoms with Gasteiger partial charge in [-0.2, -0.15) is 0 Å². The second-order valence-electron chi connectivity index (χ2n) is 3.32. The molecule has 0 aliphatic heterocycles. The maximum atomic E-state index is 11.8. The number of anilines is 2. The van der Waals surface area contributed by atoms with Crippen LogP contribution in [0.3, 0.4) is 0 Å². The van der Waals surface area contributed by atoms with E-state index in [9.17, 15) is 4.79 Å². The topological polar surface area (TPSA) is 80.9 Å². The lowest BCUT2D eigenvalue weighted by Gasteiger charge is -2.04. The molecule has 0 atom stereocenters. The quantitative estimate of drug-likeness (QED) is 0.888. The minimum atomic E-state index is -0.301. The molecular formula is C11H9BrN4O. The van der Waals surface area contributed by atoms with E-state index in [-0.39, 0.29) is 5.91 Å². The van der Waals surface area contributed by atoms with Crippen molar-refractivity contribution in [2.45, 2.75) is 0 Å². The first kappa shape index (κ1) is 11.5. The summed E-state index contributed by atoms with van der Waals surface area (Å²) in [6.45, 7) is 0. The van der Waals surface area contributed by atoms with Crippen LogP contribution in [-0.4, -0.2) is 15.9 Å². The predicted molar refractivity (Wildman–Crippen MR) is 68.5 cm³/mol. The van der Waals surface area contributed by atoms with Gasteiger partial charge in [0.15, 0.2) is 0 Å². The molecule has 2 aromatic heterocycles. The van der Waals surface area contributed by atoms with Crippen LogP contribution in [0.15, 0.2) is 41.3 Å². The SMILES string of the molecule is Nc1ccc(C(=O)Nc2cncc(Br)c2)nc1. The average Bonchev–Trinajstić information content (AvgIpc) is 2.29. The van der Waals surface area contributed by atoms with E-state index in [0.717, 1.165) is 4.47 Å². The zero-order chi connectivity index (χ0) is 12.3. The van der Waals surface area contributed by atoms with Gasteiger partial charge >= 0.3 is 0 Å². The Morgan fingerprint density at radius 3 is 2.76 bits per heavy atom. The van der Waals surface area contributed by atoms with Crippen molar-refractivity contribution in [2.24, 2.45) is 0 Å². The van der Waals surface area contributed by atoms with Gasteiger partial charge in [-0.05, 0) is 34.1 Å². The Kier molecular flexibility index (Phi) is 3.34. The molecule has 0 spiro atoms. The van der Waals surface area contributed by atoms with Crippen LogP contribution in [0.25, 0.3) is 0 Å². The minimum absolute atomic E-state index is 0.301. The number of rotatable bonds is 2. The van der Waals surface area contributed by atoms with E-state index >= 15 is 0 Å². The summed E-state index contributed by atoms with van der Waals surface area (Å²) in [5.41, 5.74) is 6.91. The van der Waals surface area contributed by atoms with Gasteiger partial charge in [0.2, 0.25) is 0 Å². The second kappa shape index (κ2) is 4.92. The predicted octanol–water partition coefficient (Wildman–Crippen LogP) is 2.07. The molecule has 0 fully saturated rings. The molecule has 1 amide bonds. The largest absolute Gasteiger partial charge is 0.397 e. The fourth-order valence-electron chi connectivity index (χ4n) is 1.21. The molecule has 0 saturated heterocycles. The highest BCUT2D eigenvalue weighted by molar-refractivity contribution is 9.10. The third-order valence-electron chi connectivity index (χ3n) is 1.98. The van der Waals surface area contributed by atoms with Crippen molar-refractivity contribution in [1.29, 1.82) is 0 Å². The van der Waals surface area contributed by atoms with Crippen LogP contribution >= 0.6 is 15.9 Å². The van der Waals surface area contributed by atoms with Crippen molar-refractivity contribution in [2.75, 3.05) is 11.1 Å². The van der Waals surface area contributed by atoms with E-state index in [2.05, 4.69) is 31.2 Å². The summed E-state index contributed by atoms with van der Waals surface area (Å²) in [5.74, 6) is -0.301. The molecule has 0 radical (unpaired) electrons. The number of hydrogen-bond donors (Lipinski definition) is 2. The first-order chi connectivity index (χ1) is 8.15. The summed E-state index contributed by atoms with van der Waals surface area (Å²) in [4.78, 5) is 19.6. The molecule has 3 N–H and O–H groups in total. The lowest BCUT2D eigenvalue weighted by molar-refractivity contribution is 0.102. The van der Waals surface area contributed by atoms with Crippen molar-refractivity contribution in [3.63, 3.8) is 0 Å². The summed E-state index contributed by atoms with van der Waals surface area (Å²) >= 11 is 3.27. The maximum absolute atomic E-state index is 11.8. The fraction of sp³-hybridized carbons (Fsp3) is 0. The third-order valence-corrected chi connectivity index (χ3v) is 2.42. The number of amides is 1. The van der Waals surface area contributed by atoms with E-state index < -0.39 is 0 Å². The normalized spacial score (nSPS) is 9.94. The highest BCUT2D eigenvalue weighted by Gasteiger charge is 2.07. The summed E-state index contributed by atoms with van der Waals surface area (Å²) in [7, 11) is 0. The van der Waals surface area contributed by atoms with Gasteiger partial charge in [0, 0.05) is 10.7 Å². The number of pyridine rings is 2. The number of nitrogens with two attached hydrogens (primary N) is 1. The van der Waals surface area contributed by atoms with Crippen molar-refractivity contribution in [3.8, 4) is 0 Å². The third kappa shape index (κ3) is 3.01. The van der Waals surface area contributed by atoms with Crippen molar-refractivity contribution < 1.29 is 4.79 Å². The Hall–Kier alpha value is -1.95. The van der Waals surface area contributed by atoms with Crippen LogP contribution in [0.2, 0.25) is 0 Å². The summed E-state index contributed by atoms with van der Waals surface area (Å²) < 4.78 is 0.792. The van der Waals surface area contributed by atoms with Gasteiger partial charge in [-0.25, -0.2) is 4.98 Å². The molecule has 2 aromatic rings. The highest BCUT2D eigenvalue weighted by Crippen LogP contribution is 2.14. The summed E-state index contributed by atoms with van der Waals surface area (Å²) in [6, 6.07) is 4.94. The molecule has 0 bridgehead atoms. The van der Waals surface area contributed by atoms with Crippen LogP contribution in [0.4, 0.5) is 11.4 Å². The fourth-order valence-corrected chi connectivity index (χ4v) is 1.58. The Bertz CT molecular complexity index is 541. The molecule has 17 heavy (non-hydrogen) atoms. The molecule has 0 unspecified atom stereocenters. The molecule has 5 nitrogen and oxygen atoms in total. The molecule has 2 rings (SSSR count). The lowest BCUT2D eigenvalue weighted by Crippen LogP contribution is -2.13. The van der Waals surface area contributed by atoms with Crippen molar-refractivity contribution >= 4 is 33.2 Å². The average molecular weight is 293 g/mol. The highest BCUT2D eigenvalue weighted by atomic mass is 79.9. The number of aromatic nitrogens is 2. The number of nitrogen functional groups attached to an aromatic ring is 1. The monoisotopic (exact) mass is 292 g/mol. The van der Waals surface area contributed by atoms with Gasteiger partial charge in [0.05, 0.1) is 23.8 Å². The van der Waals surface area contributed by atoms with Gasteiger partial charge in [-0.15, -0.1) is 0 Å². The molecular weight excluding hydrogens is 284 g/mol. The van der Waals surface area contributed by atoms with Gasteiger partial charge < -0.3 is 11.1 Å². The smallest absolute Gasteiger partial charge is 0.274 e. The van der Waals surface area contributed by atoms with Crippen LogP contribution < -0.4 is 11.1 Å². The maximum Gasteiger partial charge on any atom is 0.274 e. The minimum Gasteiger partial charge on any atom is -0.397 e. The first-order valence-electron chi connectivity index (χ1n) is 4.78. The molecule has 0 saturated carbocycles. The van der Waals surface area contributed by atoms with E-state index in [1.807, 2.05) is 0 Å². The number of hydrogen-bond acceptors (Lipinski definition) is 4. The Balaban J connectivity index is 2.14. The molecule has 6 heteroatoms. The molecule has 2 heterocycles. The second-order valence-corrected chi connectivity index (χ2v) is 4.24. The van der Waals surface area contributed by atoms with E-state index in [1.165, 1.54) is 6.20 Å². The van der Waals surface area contributed by atoms with Gasteiger partial charge in [0.1, 0.15) is 5.69 Å². The number of carbonyl (C=O) groups excluding carboxylic acids is 1. The standard InChI is InChI=1S/C11H9BrN4O/c12-7-3-9(6-14-4-7)16-11(17)10-2-1-8(13)5-15-10/h1-6H,13H2,(H,16,17). The van der Waals surface area contributed by atoms with E-state index in [4.69, 9.17) is 5.73 Å². The molecule has 0 aliphatic carbocycles. The van der Waals surface area contributed by atoms with Gasteiger partial charge in [0.25, 0.3) is 5.91 Å². The Morgan fingerprint density at radius 1 is 1.29 bits per heavy atom. The number of nitrogens with one attached hydrogen (secondary N) is 1. The van der Waals surface area contributed by atoms with Crippen LogP contribution in [0.5, 0.6) is 0 Å². The zero-order valence-corrected chi connectivity index (χ0v) is 10.3. The summed E-state index contributed by atoms with van der Waals surface area (Å²) in [6.07, 6.45) is 4.63. The number of halogens is 1.